The van der Waals surface area contributed by atoms with Gasteiger partial charge in [0.05, 0.1) is 18.5 Å². The Morgan fingerprint density at radius 3 is 2.71 bits per heavy atom. The lowest BCUT2D eigenvalue weighted by Gasteiger charge is -2.07. The van der Waals surface area contributed by atoms with Crippen molar-refractivity contribution >= 4 is 5.65 Å². The van der Waals surface area contributed by atoms with Crippen molar-refractivity contribution < 1.29 is 4.74 Å². The second-order valence-electron chi connectivity index (χ2n) is 5.95. The second kappa shape index (κ2) is 5.20. The Hall–Kier alpha value is -3.14. The van der Waals surface area contributed by atoms with Gasteiger partial charge < -0.3 is 4.74 Å². The van der Waals surface area contributed by atoms with Crippen molar-refractivity contribution in [3.63, 3.8) is 0 Å². The van der Waals surface area contributed by atoms with Crippen LogP contribution < -0.4 is 4.74 Å². The maximum atomic E-state index is 5.61. The summed E-state index contributed by atoms with van der Waals surface area (Å²) in [6.07, 6.45) is 8.67. The van der Waals surface area contributed by atoms with E-state index in [1.807, 2.05) is 30.7 Å². The molecule has 0 atom stereocenters. The van der Waals surface area contributed by atoms with Crippen molar-refractivity contribution in [1.82, 2.24) is 14.4 Å². The SMILES string of the molecule is c1cc(-c2ccc3ncc(-c4ccc5c(c4)CCO5)n3c2)ccn1. The molecule has 4 heterocycles. The van der Waals surface area contributed by atoms with E-state index in [1.165, 1.54) is 11.1 Å². The Morgan fingerprint density at radius 2 is 1.79 bits per heavy atom. The Bertz CT molecular complexity index is 1040. The van der Waals surface area contributed by atoms with E-state index in [-0.39, 0.29) is 0 Å². The summed E-state index contributed by atoms with van der Waals surface area (Å²) in [5.74, 6) is 1.00. The number of benzene rings is 1. The first-order valence-corrected chi connectivity index (χ1v) is 8.02. The maximum absolute atomic E-state index is 5.61. The minimum atomic E-state index is 0.776. The first-order chi connectivity index (χ1) is 11.9. The largest absolute Gasteiger partial charge is 0.493 e. The molecule has 0 saturated carbocycles. The van der Waals surface area contributed by atoms with Crippen LogP contribution in [0.4, 0.5) is 0 Å². The maximum Gasteiger partial charge on any atom is 0.137 e. The van der Waals surface area contributed by atoms with Crippen molar-refractivity contribution in [2.45, 2.75) is 6.42 Å². The minimum absolute atomic E-state index is 0.776. The molecule has 4 aromatic rings. The van der Waals surface area contributed by atoms with Crippen LogP contribution in [0.1, 0.15) is 5.56 Å². The number of imidazole rings is 1. The van der Waals surface area contributed by atoms with Crippen molar-refractivity contribution in [3.05, 3.63) is 72.8 Å². The number of aromatic nitrogens is 3. The number of nitrogens with zero attached hydrogens (tertiary/aromatic N) is 3. The highest BCUT2D eigenvalue weighted by molar-refractivity contribution is 5.70. The Labute approximate surface area is 139 Å². The van der Waals surface area contributed by atoms with Crippen LogP contribution in [0.5, 0.6) is 5.75 Å². The summed E-state index contributed by atoms with van der Waals surface area (Å²) in [6.45, 7) is 0.776. The Balaban J connectivity index is 1.66. The molecule has 0 bridgehead atoms. The first-order valence-electron chi connectivity index (χ1n) is 8.02. The fraction of sp³-hybridized carbons (Fsp3) is 0.100. The highest BCUT2D eigenvalue weighted by Gasteiger charge is 2.14. The van der Waals surface area contributed by atoms with Crippen LogP contribution in [0.15, 0.2) is 67.3 Å². The normalized spacial score (nSPS) is 13.0. The summed E-state index contributed by atoms with van der Waals surface area (Å²) in [4.78, 5) is 8.63. The summed E-state index contributed by atoms with van der Waals surface area (Å²) >= 11 is 0. The van der Waals surface area contributed by atoms with E-state index >= 15 is 0 Å². The molecule has 0 aliphatic carbocycles. The predicted octanol–water partition coefficient (Wildman–Crippen LogP) is 4.00. The fourth-order valence-corrected chi connectivity index (χ4v) is 3.26. The quantitative estimate of drug-likeness (QED) is 0.561. The molecule has 1 aliphatic rings. The number of hydrogen-bond acceptors (Lipinski definition) is 3. The van der Waals surface area contributed by atoms with Crippen molar-refractivity contribution in [3.8, 4) is 28.1 Å². The van der Waals surface area contributed by atoms with Gasteiger partial charge in [-0.1, -0.05) is 0 Å². The fourth-order valence-electron chi connectivity index (χ4n) is 3.26. The van der Waals surface area contributed by atoms with E-state index in [0.717, 1.165) is 41.2 Å². The van der Waals surface area contributed by atoms with Crippen molar-refractivity contribution in [1.29, 1.82) is 0 Å². The molecule has 0 fully saturated rings. The molecule has 1 aliphatic heterocycles. The number of rotatable bonds is 2. The van der Waals surface area contributed by atoms with Crippen LogP contribution >= 0.6 is 0 Å². The van der Waals surface area contributed by atoms with Gasteiger partial charge in [-0.15, -0.1) is 0 Å². The summed E-state index contributed by atoms with van der Waals surface area (Å²) in [5, 5.41) is 0. The average molecular weight is 313 g/mol. The summed E-state index contributed by atoms with van der Waals surface area (Å²) in [7, 11) is 0. The third-order valence-electron chi connectivity index (χ3n) is 4.50. The molecule has 0 spiro atoms. The number of pyridine rings is 2. The van der Waals surface area contributed by atoms with Crippen LogP contribution in [0.2, 0.25) is 0 Å². The van der Waals surface area contributed by atoms with Gasteiger partial charge >= 0.3 is 0 Å². The van der Waals surface area contributed by atoms with E-state index in [1.54, 1.807) is 0 Å². The van der Waals surface area contributed by atoms with Crippen LogP contribution in [-0.4, -0.2) is 21.0 Å². The van der Waals surface area contributed by atoms with Gasteiger partial charge in [-0.3, -0.25) is 9.38 Å². The zero-order valence-electron chi connectivity index (χ0n) is 13.0. The molecule has 0 amide bonds. The average Bonchev–Trinajstić information content (AvgIpc) is 3.27. The number of fused-ring (bicyclic) bond motifs is 2. The molecule has 4 nitrogen and oxygen atoms in total. The van der Waals surface area contributed by atoms with Crippen LogP contribution in [-0.2, 0) is 6.42 Å². The number of ether oxygens (including phenoxy) is 1. The molecule has 1 aromatic carbocycles. The van der Waals surface area contributed by atoms with Gasteiger partial charge in [0.1, 0.15) is 11.4 Å². The highest BCUT2D eigenvalue weighted by Crippen LogP contribution is 2.31. The lowest BCUT2D eigenvalue weighted by Crippen LogP contribution is -1.91. The second-order valence-corrected chi connectivity index (χ2v) is 5.95. The smallest absolute Gasteiger partial charge is 0.137 e. The monoisotopic (exact) mass is 313 g/mol. The van der Waals surface area contributed by atoms with E-state index in [2.05, 4.69) is 50.9 Å². The summed E-state index contributed by atoms with van der Waals surface area (Å²) in [5.41, 5.74) is 6.77. The molecular weight excluding hydrogens is 298 g/mol. The molecule has 0 saturated heterocycles. The standard InChI is InChI=1S/C20H15N3O/c1-3-19-16(7-10-24-19)11-15(1)18-12-22-20-4-2-17(13-23(18)20)14-5-8-21-9-6-14/h1-6,8-9,11-13H,7,10H2. The van der Waals surface area contributed by atoms with E-state index < -0.39 is 0 Å². The van der Waals surface area contributed by atoms with Gasteiger partial charge in [0, 0.05) is 30.6 Å². The Morgan fingerprint density at radius 1 is 0.917 bits per heavy atom. The zero-order chi connectivity index (χ0) is 15.9. The van der Waals surface area contributed by atoms with Crippen molar-refractivity contribution in [2.24, 2.45) is 0 Å². The third kappa shape index (κ3) is 2.07. The predicted molar refractivity (Wildman–Crippen MR) is 93.1 cm³/mol. The molecule has 116 valence electrons. The molecule has 4 heteroatoms. The van der Waals surface area contributed by atoms with Gasteiger partial charge in [-0.2, -0.15) is 0 Å². The molecule has 5 rings (SSSR count). The topological polar surface area (TPSA) is 39.4 Å². The minimum Gasteiger partial charge on any atom is -0.493 e. The molecule has 0 N–H and O–H groups in total. The van der Waals surface area contributed by atoms with Crippen LogP contribution in [0, 0.1) is 0 Å². The van der Waals surface area contributed by atoms with E-state index in [0.29, 0.717) is 0 Å². The number of hydrogen-bond donors (Lipinski definition) is 0. The molecule has 0 radical (unpaired) electrons. The molecular formula is C20H15N3O. The van der Waals surface area contributed by atoms with Crippen LogP contribution in [0.3, 0.4) is 0 Å². The van der Waals surface area contributed by atoms with Gasteiger partial charge in [0.2, 0.25) is 0 Å². The van der Waals surface area contributed by atoms with Gasteiger partial charge in [-0.25, -0.2) is 4.98 Å². The zero-order valence-corrected chi connectivity index (χ0v) is 13.0. The van der Waals surface area contributed by atoms with Gasteiger partial charge in [0.15, 0.2) is 0 Å². The summed E-state index contributed by atoms with van der Waals surface area (Å²) < 4.78 is 7.75. The van der Waals surface area contributed by atoms with Gasteiger partial charge in [-0.05, 0) is 59.2 Å². The van der Waals surface area contributed by atoms with E-state index in [4.69, 9.17) is 4.74 Å². The molecule has 0 unspecified atom stereocenters. The third-order valence-corrected chi connectivity index (χ3v) is 4.50. The lowest BCUT2D eigenvalue weighted by molar-refractivity contribution is 0.357. The summed E-state index contributed by atoms with van der Waals surface area (Å²) in [6, 6.07) is 14.6. The lowest BCUT2D eigenvalue weighted by atomic mass is 10.1. The van der Waals surface area contributed by atoms with E-state index in [9.17, 15) is 0 Å². The highest BCUT2D eigenvalue weighted by atomic mass is 16.5. The van der Waals surface area contributed by atoms with Crippen molar-refractivity contribution in [2.75, 3.05) is 6.61 Å². The Kier molecular flexibility index (Phi) is 2.88. The van der Waals surface area contributed by atoms with Gasteiger partial charge in [0.25, 0.3) is 0 Å². The molecule has 3 aromatic heterocycles. The first kappa shape index (κ1) is 13.3. The van der Waals surface area contributed by atoms with Crippen LogP contribution in [0.25, 0.3) is 28.0 Å². The molecule has 24 heavy (non-hydrogen) atoms.